The highest BCUT2D eigenvalue weighted by atomic mass is 32.2. The molecule has 0 saturated carbocycles. The SMILES string of the molecule is CCN(CC)c1ccc(OC)c(NS(=O)[O-])c1. The summed E-state index contributed by atoms with van der Waals surface area (Å²) in [6, 6.07) is 5.43. The number of anilines is 2. The van der Waals surface area contributed by atoms with Gasteiger partial charge in [-0.1, -0.05) is 0 Å². The van der Waals surface area contributed by atoms with Crippen molar-refractivity contribution in [3.8, 4) is 5.75 Å². The topological polar surface area (TPSA) is 64.6 Å². The lowest BCUT2D eigenvalue weighted by atomic mass is 10.2. The van der Waals surface area contributed by atoms with Crippen LogP contribution in [-0.4, -0.2) is 29.0 Å². The lowest BCUT2D eigenvalue weighted by Crippen LogP contribution is -2.21. The van der Waals surface area contributed by atoms with Gasteiger partial charge in [-0.2, -0.15) is 0 Å². The number of benzene rings is 1. The van der Waals surface area contributed by atoms with E-state index < -0.39 is 11.3 Å². The fraction of sp³-hybridized carbons (Fsp3) is 0.455. The minimum Gasteiger partial charge on any atom is -0.755 e. The molecule has 6 heteroatoms. The van der Waals surface area contributed by atoms with Gasteiger partial charge in [0.2, 0.25) is 0 Å². The van der Waals surface area contributed by atoms with Crippen molar-refractivity contribution in [1.82, 2.24) is 0 Å². The minimum atomic E-state index is -2.35. The molecule has 0 radical (unpaired) electrons. The first-order valence-corrected chi connectivity index (χ1v) is 6.48. The molecule has 1 rings (SSSR count). The Balaban J connectivity index is 3.07. The molecule has 0 aliphatic heterocycles. The van der Waals surface area contributed by atoms with Gasteiger partial charge in [0.05, 0.1) is 12.8 Å². The average Bonchev–Trinajstić information content (AvgIpc) is 2.30. The van der Waals surface area contributed by atoms with Crippen LogP contribution in [-0.2, 0) is 11.3 Å². The molecule has 1 N–H and O–H groups in total. The second-order valence-electron chi connectivity index (χ2n) is 3.39. The molecule has 0 fully saturated rings. The highest BCUT2D eigenvalue weighted by Gasteiger charge is 2.07. The van der Waals surface area contributed by atoms with E-state index in [-0.39, 0.29) is 0 Å². The van der Waals surface area contributed by atoms with Crippen LogP contribution < -0.4 is 14.4 Å². The lowest BCUT2D eigenvalue weighted by Gasteiger charge is -2.23. The fourth-order valence-electron chi connectivity index (χ4n) is 1.65. The summed E-state index contributed by atoms with van der Waals surface area (Å²) in [7, 11) is 1.51. The number of hydrogen-bond acceptors (Lipinski definition) is 4. The molecule has 1 atom stereocenters. The summed E-state index contributed by atoms with van der Waals surface area (Å²) in [5.74, 6) is 0.505. The second-order valence-corrected chi connectivity index (χ2v) is 4.07. The van der Waals surface area contributed by atoms with Crippen LogP contribution in [0.1, 0.15) is 13.8 Å². The number of hydrogen-bond donors (Lipinski definition) is 1. The predicted octanol–water partition coefficient (Wildman–Crippen LogP) is 1.75. The standard InChI is InChI=1S/C11H18N2O3S/c1-4-13(5-2)9-6-7-11(16-3)10(8-9)12-17(14)15/h6-8,12H,4-5H2,1-3H3,(H,14,15)/p-1. The molecule has 5 nitrogen and oxygen atoms in total. The largest absolute Gasteiger partial charge is 0.755 e. The van der Waals surface area contributed by atoms with Crippen molar-refractivity contribution in [2.75, 3.05) is 29.8 Å². The number of methoxy groups -OCH3 is 1. The Kier molecular flexibility index (Phi) is 5.24. The lowest BCUT2D eigenvalue weighted by molar-refractivity contribution is 0.416. The van der Waals surface area contributed by atoms with Gasteiger partial charge in [0, 0.05) is 30.0 Å². The molecule has 0 aromatic heterocycles. The zero-order valence-electron chi connectivity index (χ0n) is 10.2. The van der Waals surface area contributed by atoms with Crippen LogP contribution in [0.4, 0.5) is 11.4 Å². The van der Waals surface area contributed by atoms with Crippen molar-refractivity contribution >= 4 is 22.6 Å². The number of rotatable bonds is 6. The molecule has 0 bridgehead atoms. The Labute approximate surface area is 104 Å². The van der Waals surface area contributed by atoms with E-state index in [0.717, 1.165) is 18.8 Å². The van der Waals surface area contributed by atoms with Crippen LogP contribution in [0.5, 0.6) is 5.75 Å². The Morgan fingerprint density at radius 3 is 2.53 bits per heavy atom. The van der Waals surface area contributed by atoms with E-state index in [2.05, 4.69) is 9.62 Å². The quantitative estimate of drug-likeness (QED) is 0.788. The minimum absolute atomic E-state index is 0.449. The third kappa shape index (κ3) is 3.61. The molecule has 0 spiro atoms. The summed E-state index contributed by atoms with van der Waals surface area (Å²) in [6.07, 6.45) is 0. The Hall–Kier alpha value is -1.27. The van der Waals surface area contributed by atoms with Gasteiger partial charge in [-0.3, -0.25) is 4.21 Å². The van der Waals surface area contributed by atoms with Crippen LogP contribution >= 0.6 is 0 Å². The van der Waals surface area contributed by atoms with E-state index in [1.165, 1.54) is 7.11 Å². The molecule has 1 aromatic carbocycles. The molecular weight excluding hydrogens is 240 g/mol. The predicted molar refractivity (Wildman–Crippen MR) is 69.1 cm³/mol. The molecule has 0 heterocycles. The summed E-state index contributed by atoms with van der Waals surface area (Å²) < 4.78 is 28.8. The molecule has 0 aliphatic rings. The monoisotopic (exact) mass is 257 g/mol. The van der Waals surface area contributed by atoms with E-state index in [1.807, 2.05) is 19.9 Å². The number of ether oxygens (including phenoxy) is 1. The molecule has 0 saturated heterocycles. The van der Waals surface area contributed by atoms with Gasteiger partial charge in [0.1, 0.15) is 5.75 Å². The van der Waals surface area contributed by atoms with Crippen molar-refractivity contribution in [2.24, 2.45) is 0 Å². The first-order chi connectivity index (χ1) is 8.12. The maximum absolute atomic E-state index is 10.7. The maximum Gasteiger partial charge on any atom is 0.142 e. The van der Waals surface area contributed by atoms with Crippen LogP contribution in [0.3, 0.4) is 0 Å². The first kappa shape index (κ1) is 13.8. The fourth-order valence-corrected chi connectivity index (χ4v) is 1.99. The Morgan fingerprint density at radius 2 is 2.06 bits per heavy atom. The average molecular weight is 257 g/mol. The van der Waals surface area contributed by atoms with Gasteiger partial charge in [-0.25, -0.2) is 0 Å². The molecule has 1 unspecified atom stereocenters. The summed E-state index contributed by atoms with van der Waals surface area (Å²) in [4.78, 5) is 2.12. The third-order valence-electron chi connectivity index (χ3n) is 2.50. The van der Waals surface area contributed by atoms with E-state index in [9.17, 15) is 8.76 Å². The van der Waals surface area contributed by atoms with E-state index in [1.54, 1.807) is 12.1 Å². The van der Waals surface area contributed by atoms with Crippen LogP contribution in [0, 0.1) is 0 Å². The molecule has 1 aromatic rings. The van der Waals surface area contributed by atoms with Gasteiger partial charge in [0.25, 0.3) is 0 Å². The van der Waals surface area contributed by atoms with Gasteiger partial charge in [0.15, 0.2) is 0 Å². The zero-order chi connectivity index (χ0) is 12.8. The van der Waals surface area contributed by atoms with Crippen molar-refractivity contribution in [3.05, 3.63) is 18.2 Å². The number of nitrogens with one attached hydrogen (secondary N) is 1. The van der Waals surface area contributed by atoms with Crippen LogP contribution in [0.15, 0.2) is 18.2 Å². The highest BCUT2D eigenvalue weighted by molar-refractivity contribution is 7.80. The number of nitrogens with zero attached hydrogens (tertiary/aromatic N) is 1. The molecule has 0 aliphatic carbocycles. The summed E-state index contributed by atoms with van der Waals surface area (Å²) >= 11 is -2.35. The van der Waals surface area contributed by atoms with Gasteiger partial charge < -0.3 is 18.9 Å². The molecule has 0 amide bonds. The van der Waals surface area contributed by atoms with Crippen molar-refractivity contribution in [3.63, 3.8) is 0 Å². The first-order valence-electron chi connectivity index (χ1n) is 5.41. The van der Waals surface area contributed by atoms with Crippen LogP contribution in [0.25, 0.3) is 0 Å². The van der Waals surface area contributed by atoms with Crippen molar-refractivity contribution < 1.29 is 13.5 Å². The normalized spacial score (nSPS) is 12.0. The summed E-state index contributed by atoms with van der Waals surface area (Å²) in [6.45, 7) is 5.82. The third-order valence-corrected chi connectivity index (χ3v) is 2.89. The van der Waals surface area contributed by atoms with Gasteiger partial charge >= 0.3 is 0 Å². The maximum atomic E-state index is 10.7. The molecular formula is C11H17N2O3S-. The smallest absolute Gasteiger partial charge is 0.142 e. The van der Waals surface area contributed by atoms with E-state index in [4.69, 9.17) is 4.74 Å². The van der Waals surface area contributed by atoms with Crippen LogP contribution in [0.2, 0.25) is 0 Å². The van der Waals surface area contributed by atoms with E-state index >= 15 is 0 Å². The highest BCUT2D eigenvalue weighted by Crippen LogP contribution is 2.29. The Bertz CT molecular complexity index is 394. The molecule has 17 heavy (non-hydrogen) atoms. The zero-order valence-corrected chi connectivity index (χ0v) is 11.0. The van der Waals surface area contributed by atoms with Gasteiger partial charge in [-0.15, -0.1) is 0 Å². The molecule has 96 valence electrons. The van der Waals surface area contributed by atoms with Crippen molar-refractivity contribution in [1.29, 1.82) is 0 Å². The van der Waals surface area contributed by atoms with Gasteiger partial charge in [-0.05, 0) is 32.0 Å². The summed E-state index contributed by atoms with van der Waals surface area (Å²) in [5, 5.41) is 0. The second kappa shape index (κ2) is 6.46. The van der Waals surface area contributed by atoms with Crippen molar-refractivity contribution in [2.45, 2.75) is 13.8 Å². The van der Waals surface area contributed by atoms with E-state index in [0.29, 0.717) is 11.4 Å². The summed E-state index contributed by atoms with van der Waals surface area (Å²) in [5.41, 5.74) is 1.41. The Morgan fingerprint density at radius 1 is 1.41 bits per heavy atom.